The van der Waals surface area contributed by atoms with Crippen molar-refractivity contribution in [2.75, 3.05) is 19.8 Å². The molecule has 2 aliphatic heterocycles. The Morgan fingerprint density at radius 1 is 0.354 bits per heavy atom. The van der Waals surface area contributed by atoms with Gasteiger partial charge in [0.25, 0.3) is 0 Å². The molecule has 0 amide bonds. The molecule has 0 saturated carbocycles. The van der Waals surface area contributed by atoms with Crippen molar-refractivity contribution in [3.8, 4) is 11.5 Å². The number of alkyl halides is 9. The summed E-state index contributed by atoms with van der Waals surface area (Å²) in [5.74, 6) is -23.4. The van der Waals surface area contributed by atoms with Gasteiger partial charge in [0.05, 0.1) is 55.3 Å². The van der Waals surface area contributed by atoms with E-state index in [1.807, 2.05) is 36.4 Å². The van der Waals surface area contributed by atoms with Crippen LogP contribution in [0, 0.1) is 0 Å². The summed E-state index contributed by atoms with van der Waals surface area (Å²) >= 11 is 0. The van der Waals surface area contributed by atoms with Crippen LogP contribution in [-0.2, 0) is 67.2 Å². The monoisotopic (exact) mass is 1380 g/mol. The highest BCUT2D eigenvalue weighted by atomic mass is 19.4. The van der Waals surface area contributed by atoms with Gasteiger partial charge in [0.1, 0.15) is 48.6 Å². The molecule has 25 heteroatoms. The zero-order valence-corrected chi connectivity index (χ0v) is 52.4. The lowest BCUT2D eigenvalue weighted by molar-refractivity contribution is -0.396. The maximum Gasteiger partial charge on any atom is 0.460 e. The predicted molar refractivity (Wildman–Crippen MR) is 335 cm³/mol. The van der Waals surface area contributed by atoms with E-state index in [9.17, 15) is 58.7 Å². The minimum absolute atomic E-state index is 0.0157. The zero-order chi connectivity index (χ0) is 70.0. The second kappa shape index (κ2) is 33.3. The van der Waals surface area contributed by atoms with Crippen LogP contribution in [0.4, 0.5) is 39.5 Å². The van der Waals surface area contributed by atoms with Crippen molar-refractivity contribution < 1.29 is 116 Å². The fourth-order valence-electron chi connectivity index (χ4n) is 10.6. The van der Waals surface area contributed by atoms with Crippen molar-refractivity contribution in [3.63, 3.8) is 0 Å². The zero-order valence-electron chi connectivity index (χ0n) is 52.4. The van der Waals surface area contributed by atoms with Crippen LogP contribution < -0.4 is 9.47 Å². The van der Waals surface area contributed by atoms with E-state index in [2.05, 4.69) is 0 Å². The van der Waals surface area contributed by atoms with Gasteiger partial charge in [-0.1, -0.05) is 164 Å². The van der Waals surface area contributed by atoms with E-state index in [0.717, 1.165) is 0 Å². The lowest BCUT2D eigenvalue weighted by atomic mass is 9.96. The highest BCUT2D eigenvalue weighted by Gasteiger charge is 2.81. The van der Waals surface area contributed by atoms with Gasteiger partial charge in [0.2, 0.25) is 6.29 Å². The molecule has 8 aromatic carbocycles. The highest BCUT2D eigenvalue weighted by Crippen LogP contribution is 2.54. The van der Waals surface area contributed by atoms with Crippen LogP contribution in [0.15, 0.2) is 237 Å². The number of hydrogen-bond acceptors (Lipinski definition) is 16. The minimum Gasteiger partial charge on any atom is -0.494 e. The van der Waals surface area contributed by atoms with Gasteiger partial charge >= 0.3 is 47.8 Å². The smallest absolute Gasteiger partial charge is 0.460 e. The van der Waals surface area contributed by atoms with Gasteiger partial charge in [-0.05, 0) is 95.9 Å². The third-order valence-electron chi connectivity index (χ3n) is 15.8. The molecule has 0 aliphatic carbocycles. The number of halogens is 9. The molecule has 0 unspecified atom stereocenters. The largest absolute Gasteiger partial charge is 0.494 e. The van der Waals surface area contributed by atoms with E-state index in [4.69, 9.17) is 56.8 Å². The average molecular weight is 1380 g/mol. The Morgan fingerprint density at radius 3 is 1.18 bits per heavy atom. The number of rotatable bonds is 30. The standard InChI is InChI=1S/C74H65F9O16/c75-71(76,72(77,78)73(79,80)74(81,82)83)41-22-42-88-55-37-39-56(40-38-55)94-70-63(91-45-50-27-12-3-13-28-50)61(90-44-49-25-10-2-11-26-49)59(89-43-48-23-8-1-9-24-48)57(96-70)47-93-69-64(99-68(87)54-35-20-7-21-36-54)62(98-67(86)53-33-18-6-19-34-53)60(97-66(85)52-31-16-5-17-32-52)58(95-69)46-92-65(84)51-29-14-4-15-30-51/h1-21,23-40,57-64,69-70H,22,41-47H2/t57-,58-,59-,60-,61+,62+,63+,64-,69+,70+/m1/s1. The molecular formula is C74H65F9O16. The molecule has 0 radical (unpaired) electrons. The molecule has 2 fully saturated rings. The number of benzene rings is 8. The normalized spacial score (nSPS) is 21.1. The molecule has 16 nitrogen and oxygen atoms in total. The fraction of sp³-hybridized carbons (Fsp3) is 0.297. The average Bonchev–Trinajstić information content (AvgIpc) is 0.752. The van der Waals surface area contributed by atoms with Crippen LogP contribution in [0.5, 0.6) is 11.5 Å². The summed E-state index contributed by atoms with van der Waals surface area (Å²) in [6.07, 6.45) is -25.6. The summed E-state index contributed by atoms with van der Waals surface area (Å²) in [5, 5.41) is 0. The minimum atomic E-state index is -7.04. The Morgan fingerprint density at radius 2 is 0.727 bits per heavy atom. The van der Waals surface area contributed by atoms with Crippen molar-refractivity contribution in [1.82, 2.24) is 0 Å². The third-order valence-corrected chi connectivity index (χ3v) is 15.8. The van der Waals surface area contributed by atoms with Crippen LogP contribution in [-0.4, -0.2) is 129 Å². The molecule has 2 heterocycles. The Hall–Kier alpha value is -9.63. The molecule has 0 bridgehead atoms. The highest BCUT2D eigenvalue weighted by molar-refractivity contribution is 5.91. The first kappa shape index (κ1) is 72.1. The first-order chi connectivity index (χ1) is 47.7. The Kier molecular flexibility index (Phi) is 24.2. The summed E-state index contributed by atoms with van der Waals surface area (Å²) in [7, 11) is 0. The molecule has 10 atom stereocenters. The summed E-state index contributed by atoms with van der Waals surface area (Å²) < 4.78 is 200. The van der Waals surface area contributed by atoms with Crippen molar-refractivity contribution in [1.29, 1.82) is 0 Å². The lowest BCUT2D eigenvalue weighted by Crippen LogP contribution is -2.65. The van der Waals surface area contributed by atoms with E-state index in [1.165, 1.54) is 72.8 Å². The van der Waals surface area contributed by atoms with Crippen molar-refractivity contribution >= 4 is 23.9 Å². The van der Waals surface area contributed by atoms with E-state index in [0.29, 0.717) is 16.7 Å². The van der Waals surface area contributed by atoms with Crippen LogP contribution in [0.2, 0.25) is 0 Å². The van der Waals surface area contributed by atoms with Gasteiger partial charge in [-0.25, -0.2) is 19.2 Å². The van der Waals surface area contributed by atoms with E-state index >= 15 is 0 Å². The first-order valence-electron chi connectivity index (χ1n) is 31.1. The van der Waals surface area contributed by atoms with Gasteiger partial charge < -0.3 is 56.8 Å². The summed E-state index contributed by atoms with van der Waals surface area (Å²) in [5.41, 5.74) is 2.34. The Balaban J connectivity index is 1.02. The summed E-state index contributed by atoms with van der Waals surface area (Å²) in [6.45, 7) is -2.35. The van der Waals surface area contributed by atoms with Crippen LogP contribution in [0.3, 0.4) is 0 Å². The maximum atomic E-state index is 14.5. The molecule has 99 heavy (non-hydrogen) atoms. The number of ether oxygens (including phenoxy) is 12. The third kappa shape index (κ3) is 18.6. The fourth-order valence-corrected chi connectivity index (χ4v) is 10.6. The quantitative estimate of drug-likeness (QED) is 0.0179. The summed E-state index contributed by atoms with van der Waals surface area (Å²) in [4.78, 5) is 57.2. The van der Waals surface area contributed by atoms with E-state index in [1.54, 1.807) is 127 Å². The molecule has 2 saturated heterocycles. The van der Waals surface area contributed by atoms with Crippen molar-refractivity contribution in [2.45, 2.75) is 118 Å². The molecule has 520 valence electrons. The topological polar surface area (TPSA) is 179 Å². The van der Waals surface area contributed by atoms with Gasteiger partial charge in [0, 0.05) is 6.42 Å². The van der Waals surface area contributed by atoms with Crippen molar-refractivity contribution in [2.24, 2.45) is 0 Å². The number of hydrogen-bond donors (Lipinski definition) is 0. The predicted octanol–water partition coefficient (Wildman–Crippen LogP) is 14.4. The lowest BCUT2D eigenvalue weighted by Gasteiger charge is -2.47. The van der Waals surface area contributed by atoms with Gasteiger partial charge in [-0.2, -0.15) is 39.5 Å². The van der Waals surface area contributed by atoms with Gasteiger partial charge in [-0.3, -0.25) is 0 Å². The van der Waals surface area contributed by atoms with Gasteiger partial charge in [0.15, 0.2) is 24.6 Å². The van der Waals surface area contributed by atoms with Crippen molar-refractivity contribution in [3.05, 3.63) is 276 Å². The molecule has 0 spiro atoms. The molecule has 0 aromatic heterocycles. The SMILES string of the molecule is O=C(OC[C@H]1O[C@H](OC[C@H]2O[C@H](Oc3ccc(OCCCC(F)(F)C(F)(F)C(F)(F)C(F)(F)F)cc3)[C@@H](OCc3ccccc3)[C@@H](OCc3ccccc3)[C@@H]2OCc2ccccc2)[C@H](OC(=O)c2ccccc2)[C@@H](OC(=O)c2ccccc2)[C@@H]1OC(=O)c1ccccc1)c1ccccc1. The molecular weight excluding hydrogens is 1320 g/mol. The van der Waals surface area contributed by atoms with Crippen LogP contribution in [0.1, 0.15) is 71.0 Å². The van der Waals surface area contributed by atoms with Crippen LogP contribution in [0.25, 0.3) is 0 Å². The number of carbonyl (C=O) groups is 4. The molecule has 0 N–H and O–H groups in total. The summed E-state index contributed by atoms with van der Waals surface area (Å²) in [6, 6.07) is 63.4. The second-order valence-electron chi connectivity index (χ2n) is 22.8. The Labute approximate surface area is 562 Å². The maximum absolute atomic E-state index is 14.5. The molecule has 2 aliphatic rings. The van der Waals surface area contributed by atoms with Crippen LogP contribution >= 0.6 is 0 Å². The molecule has 8 aromatic rings. The van der Waals surface area contributed by atoms with E-state index in [-0.39, 0.29) is 53.6 Å². The van der Waals surface area contributed by atoms with Gasteiger partial charge in [-0.15, -0.1) is 0 Å². The van der Waals surface area contributed by atoms with E-state index < -0.39 is 142 Å². The number of esters is 4. The second-order valence-corrected chi connectivity index (χ2v) is 22.8. The Bertz CT molecular complexity index is 3830. The number of carbonyl (C=O) groups excluding carboxylic acids is 4. The first-order valence-corrected chi connectivity index (χ1v) is 31.1. The molecule has 10 rings (SSSR count).